The van der Waals surface area contributed by atoms with Crippen LogP contribution in [0.4, 0.5) is 5.13 Å². The van der Waals surface area contributed by atoms with Crippen LogP contribution >= 0.6 is 34.5 Å². The zero-order valence-electron chi connectivity index (χ0n) is 21.2. The number of aromatic nitrogens is 1. The highest BCUT2D eigenvalue weighted by atomic mass is 35.5. The molecular formula is C27H28Cl2N2O6S. The molecule has 0 unspecified atom stereocenters. The smallest absolute Gasteiger partial charge is 0.371 e. The van der Waals surface area contributed by atoms with Gasteiger partial charge in [-0.05, 0) is 49.1 Å². The van der Waals surface area contributed by atoms with Crippen LogP contribution in [0.2, 0.25) is 10.0 Å². The number of aryl methyl sites for hydroxylation is 1. The summed E-state index contributed by atoms with van der Waals surface area (Å²) in [5, 5.41) is 13.0. The molecule has 0 saturated carbocycles. The van der Waals surface area contributed by atoms with E-state index < -0.39 is 11.9 Å². The lowest BCUT2D eigenvalue weighted by Crippen LogP contribution is -2.12. The van der Waals surface area contributed by atoms with Gasteiger partial charge in [0.1, 0.15) is 5.69 Å². The fraction of sp³-hybridized carbons (Fsp3) is 0.296. The average molecular weight is 580 g/mol. The maximum atomic E-state index is 13.0. The number of halogens is 2. The molecule has 0 spiro atoms. The Balaban J connectivity index is 1.78. The van der Waals surface area contributed by atoms with E-state index in [0.717, 1.165) is 37.0 Å². The molecule has 0 radical (unpaired) electrons. The molecule has 2 aromatic carbocycles. The highest BCUT2D eigenvalue weighted by Crippen LogP contribution is 2.38. The lowest BCUT2D eigenvalue weighted by Gasteiger charge is -2.08. The van der Waals surface area contributed by atoms with Gasteiger partial charge in [-0.15, -0.1) is 0 Å². The largest absolute Gasteiger partial charge is 0.490 e. The molecule has 3 rings (SSSR count). The number of hydrogen-bond donors (Lipinski definition) is 2. The summed E-state index contributed by atoms with van der Waals surface area (Å²) in [4.78, 5) is 28.8. The van der Waals surface area contributed by atoms with Gasteiger partial charge in [0.2, 0.25) is 10.8 Å². The molecule has 0 aliphatic carbocycles. The first-order valence-corrected chi connectivity index (χ1v) is 13.4. The van der Waals surface area contributed by atoms with Crippen molar-refractivity contribution in [2.45, 2.75) is 26.2 Å². The molecule has 3 aromatic rings. The molecule has 0 aliphatic rings. The zero-order valence-corrected chi connectivity index (χ0v) is 23.5. The monoisotopic (exact) mass is 578 g/mol. The molecular weight excluding hydrogens is 551 g/mol. The Hall–Kier alpha value is -3.11. The SMILES string of the molecule is CCCOCCCc1cccc(-c2nc(NC(=O)c3cc(Cl)c(C=C(OC)C(=O)O)c(Cl)c3)sc2OC)c1. The van der Waals surface area contributed by atoms with E-state index in [-0.39, 0.29) is 26.9 Å². The number of nitrogens with zero attached hydrogens (tertiary/aromatic N) is 1. The first-order chi connectivity index (χ1) is 18.3. The molecule has 0 atom stereocenters. The van der Waals surface area contributed by atoms with Gasteiger partial charge >= 0.3 is 5.97 Å². The van der Waals surface area contributed by atoms with Crippen molar-refractivity contribution in [3.05, 3.63) is 68.9 Å². The number of carboxylic acids is 1. The van der Waals surface area contributed by atoms with Crippen molar-refractivity contribution in [1.29, 1.82) is 0 Å². The summed E-state index contributed by atoms with van der Waals surface area (Å²) in [5.41, 5.74) is 3.05. The van der Waals surface area contributed by atoms with Crippen LogP contribution in [0.5, 0.6) is 5.06 Å². The molecule has 2 N–H and O–H groups in total. The molecule has 8 nitrogen and oxygen atoms in total. The summed E-state index contributed by atoms with van der Waals surface area (Å²) >= 11 is 13.8. The fourth-order valence-corrected chi connectivity index (χ4v) is 4.94. The third-order valence-electron chi connectivity index (χ3n) is 5.35. The Morgan fingerprint density at radius 1 is 1.13 bits per heavy atom. The van der Waals surface area contributed by atoms with E-state index >= 15 is 0 Å². The van der Waals surface area contributed by atoms with Gasteiger partial charge in [0.25, 0.3) is 5.91 Å². The Morgan fingerprint density at radius 3 is 2.50 bits per heavy atom. The number of carboxylic acid groups (broad SMARTS) is 1. The summed E-state index contributed by atoms with van der Waals surface area (Å²) in [5.74, 6) is -2.11. The molecule has 0 bridgehead atoms. The van der Waals surface area contributed by atoms with Crippen LogP contribution in [-0.4, -0.2) is 49.4 Å². The van der Waals surface area contributed by atoms with Gasteiger partial charge in [-0.25, -0.2) is 9.78 Å². The standard InChI is InChI=1S/C27H28Cl2N2O6S/c1-4-10-37-11-6-8-16-7-5-9-17(12-16)23-26(36-3)38-27(30-23)31-24(32)18-13-20(28)19(21(29)14-18)15-22(35-2)25(33)34/h5,7,9,12-15H,4,6,8,10-11H2,1-3H3,(H,33,34)(H,30,31,32). The summed E-state index contributed by atoms with van der Waals surface area (Å²) in [6.07, 6.45) is 3.99. The van der Waals surface area contributed by atoms with E-state index in [1.165, 1.54) is 36.7 Å². The summed E-state index contributed by atoms with van der Waals surface area (Å²) < 4.78 is 15.9. The second-order valence-corrected chi connectivity index (χ2v) is 9.88. The lowest BCUT2D eigenvalue weighted by molar-refractivity contribution is -0.135. The summed E-state index contributed by atoms with van der Waals surface area (Å²) in [6.45, 7) is 3.57. The molecule has 1 aromatic heterocycles. The van der Waals surface area contributed by atoms with E-state index in [9.17, 15) is 9.59 Å². The number of ether oxygens (including phenoxy) is 3. The van der Waals surface area contributed by atoms with Crippen molar-refractivity contribution in [3.8, 4) is 16.3 Å². The predicted molar refractivity (Wildman–Crippen MR) is 151 cm³/mol. The average Bonchev–Trinajstić information content (AvgIpc) is 3.31. The number of benzene rings is 2. The number of methoxy groups -OCH3 is 2. The molecule has 0 aliphatic heterocycles. The number of aliphatic carboxylic acids is 1. The van der Waals surface area contributed by atoms with Gasteiger partial charge in [0.15, 0.2) is 5.13 Å². The van der Waals surface area contributed by atoms with Gasteiger partial charge < -0.3 is 19.3 Å². The maximum absolute atomic E-state index is 13.0. The Morgan fingerprint density at radius 2 is 1.87 bits per heavy atom. The van der Waals surface area contributed by atoms with E-state index in [4.69, 9.17) is 42.5 Å². The van der Waals surface area contributed by atoms with Crippen LogP contribution in [0.1, 0.15) is 41.3 Å². The van der Waals surface area contributed by atoms with Crippen LogP contribution in [0.3, 0.4) is 0 Å². The molecule has 202 valence electrons. The fourth-order valence-electron chi connectivity index (χ4n) is 3.54. The van der Waals surface area contributed by atoms with Crippen LogP contribution in [0.15, 0.2) is 42.2 Å². The molecule has 1 heterocycles. The number of thiazole rings is 1. The number of nitrogens with one attached hydrogen (secondary N) is 1. The van der Waals surface area contributed by atoms with Crippen molar-refractivity contribution in [2.75, 3.05) is 32.8 Å². The molecule has 38 heavy (non-hydrogen) atoms. The maximum Gasteiger partial charge on any atom is 0.371 e. The van der Waals surface area contributed by atoms with E-state index in [1.54, 1.807) is 7.11 Å². The number of amides is 1. The highest BCUT2D eigenvalue weighted by molar-refractivity contribution is 7.18. The van der Waals surface area contributed by atoms with Crippen LogP contribution < -0.4 is 10.1 Å². The van der Waals surface area contributed by atoms with Crippen molar-refractivity contribution in [3.63, 3.8) is 0 Å². The van der Waals surface area contributed by atoms with E-state index in [0.29, 0.717) is 22.5 Å². The second-order valence-electron chi connectivity index (χ2n) is 8.10. The number of hydrogen-bond acceptors (Lipinski definition) is 7. The Bertz CT molecular complexity index is 1300. The molecule has 1 amide bonds. The minimum atomic E-state index is -1.28. The predicted octanol–water partition coefficient (Wildman–Crippen LogP) is 6.81. The topological polar surface area (TPSA) is 107 Å². The lowest BCUT2D eigenvalue weighted by atomic mass is 10.1. The number of carbonyl (C=O) groups excluding carboxylic acids is 1. The minimum absolute atomic E-state index is 0.0905. The molecule has 0 saturated heterocycles. The van der Waals surface area contributed by atoms with Gasteiger partial charge in [-0.1, -0.05) is 59.7 Å². The van der Waals surface area contributed by atoms with Crippen molar-refractivity contribution in [1.82, 2.24) is 4.98 Å². The van der Waals surface area contributed by atoms with Crippen molar-refractivity contribution < 1.29 is 28.9 Å². The van der Waals surface area contributed by atoms with Gasteiger partial charge in [0.05, 0.1) is 24.3 Å². The minimum Gasteiger partial charge on any atom is -0.490 e. The van der Waals surface area contributed by atoms with Gasteiger partial charge in [0, 0.05) is 29.9 Å². The van der Waals surface area contributed by atoms with Gasteiger partial charge in [-0.3, -0.25) is 10.1 Å². The summed E-state index contributed by atoms with van der Waals surface area (Å²) in [6, 6.07) is 10.8. The quantitative estimate of drug-likeness (QED) is 0.130. The van der Waals surface area contributed by atoms with E-state index in [2.05, 4.69) is 29.4 Å². The third kappa shape index (κ3) is 7.70. The van der Waals surface area contributed by atoms with Crippen molar-refractivity contribution in [2.24, 2.45) is 0 Å². The number of anilines is 1. The number of rotatable bonds is 13. The Labute approximate surface area is 235 Å². The highest BCUT2D eigenvalue weighted by Gasteiger charge is 2.19. The zero-order chi connectivity index (χ0) is 27.7. The van der Waals surface area contributed by atoms with E-state index in [1.807, 2.05) is 12.1 Å². The second kappa shape index (κ2) is 14.2. The first kappa shape index (κ1) is 29.4. The number of carbonyl (C=O) groups is 2. The van der Waals surface area contributed by atoms with Crippen LogP contribution in [0, 0.1) is 0 Å². The Kier molecular flexibility index (Phi) is 11.0. The van der Waals surface area contributed by atoms with Gasteiger partial charge in [-0.2, -0.15) is 0 Å². The van der Waals surface area contributed by atoms with Crippen LogP contribution in [0.25, 0.3) is 17.3 Å². The summed E-state index contributed by atoms with van der Waals surface area (Å²) in [7, 11) is 2.77. The normalized spacial score (nSPS) is 11.3. The first-order valence-electron chi connectivity index (χ1n) is 11.8. The van der Waals surface area contributed by atoms with Crippen LogP contribution in [-0.2, 0) is 20.7 Å². The molecule has 11 heteroatoms. The third-order valence-corrected chi connectivity index (χ3v) is 6.91. The molecule has 0 fully saturated rings. The van der Waals surface area contributed by atoms with Crippen molar-refractivity contribution >= 4 is 57.6 Å².